The molecular weight excluding hydrogens is 332 g/mol. The van der Waals surface area contributed by atoms with E-state index in [1.165, 1.54) is 12.8 Å². The highest BCUT2D eigenvalue weighted by atomic mass is 16.7. The Labute approximate surface area is 154 Å². The normalized spacial score (nSPS) is 29.2. The Bertz CT molecular complexity index is 703. The molecule has 4 aliphatic rings. The first-order valence-electron chi connectivity index (χ1n) is 9.71. The molecule has 0 aromatic heterocycles. The largest absolute Gasteiger partial charge is 0.454 e. The van der Waals surface area contributed by atoms with Crippen molar-refractivity contribution >= 4 is 11.6 Å². The van der Waals surface area contributed by atoms with Crippen LogP contribution in [-0.2, 0) is 9.53 Å². The number of hydrogen-bond acceptors (Lipinski definition) is 5. The molecule has 0 bridgehead atoms. The summed E-state index contributed by atoms with van der Waals surface area (Å²) in [6, 6.07) is 5.81. The summed E-state index contributed by atoms with van der Waals surface area (Å²) in [6.07, 6.45) is 4.12. The molecule has 5 rings (SSSR count). The zero-order valence-electron chi connectivity index (χ0n) is 15.1. The number of benzene rings is 1. The van der Waals surface area contributed by atoms with Crippen molar-refractivity contribution in [3.05, 3.63) is 18.2 Å². The molecule has 3 saturated heterocycles. The van der Waals surface area contributed by atoms with E-state index in [1.54, 1.807) is 0 Å². The van der Waals surface area contributed by atoms with Gasteiger partial charge in [-0.2, -0.15) is 0 Å². The minimum atomic E-state index is 0.110. The highest BCUT2D eigenvalue weighted by Gasteiger charge is 2.48. The van der Waals surface area contributed by atoms with Gasteiger partial charge in [0.2, 0.25) is 12.7 Å². The maximum Gasteiger partial charge on any atom is 0.231 e. The summed E-state index contributed by atoms with van der Waals surface area (Å²) in [5.41, 5.74) is 1.04. The molecule has 6 heteroatoms. The van der Waals surface area contributed by atoms with Gasteiger partial charge in [-0.25, -0.2) is 0 Å². The van der Waals surface area contributed by atoms with Gasteiger partial charge in [0.1, 0.15) is 0 Å². The van der Waals surface area contributed by atoms with Crippen molar-refractivity contribution in [2.75, 3.05) is 51.1 Å². The van der Waals surface area contributed by atoms with Gasteiger partial charge in [-0.3, -0.25) is 4.79 Å². The van der Waals surface area contributed by atoms with E-state index in [-0.39, 0.29) is 18.1 Å². The number of carbonyl (C=O) groups excluding carboxylic acids is 1. The summed E-state index contributed by atoms with van der Waals surface area (Å²) in [7, 11) is 0. The van der Waals surface area contributed by atoms with Crippen molar-refractivity contribution < 1.29 is 19.0 Å². The first-order valence-corrected chi connectivity index (χ1v) is 9.71. The smallest absolute Gasteiger partial charge is 0.231 e. The molecule has 0 saturated carbocycles. The van der Waals surface area contributed by atoms with Crippen molar-refractivity contribution in [2.45, 2.75) is 25.7 Å². The number of hydrogen-bond donors (Lipinski definition) is 0. The van der Waals surface area contributed by atoms with Gasteiger partial charge in [0.05, 0.1) is 0 Å². The average molecular weight is 358 g/mol. The molecule has 6 nitrogen and oxygen atoms in total. The van der Waals surface area contributed by atoms with Crippen LogP contribution in [-0.4, -0.2) is 57.0 Å². The summed E-state index contributed by atoms with van der Waals surface area (Å²) in [5.74, 6) is 2.49. The van der Waals surface area contributed by atoms with Gasteiger partial charge in [0, 0.05) is 56.4 Å². The fourth-order valence-corrected chi connectivity index (χ4v) is 4.94. The molecule has 4 aliphatic heterocycles. The predicted molar refractivity (Wildman–Crippen MR) is 96.6 cm³/mol. The van der Waals surface area contributed by atoms with Crippen LogP contribution in [0.15, 0.2) is 18.2 Å². The molecule has 0 aliphatic carbocycles. The van der Waals surface area contributed by atoms with Crippen LogP contribution in [0.3, 0.4) is 0 Å². The summed E-state index contributed by atoms with van der Waals surface area (Å²) in [4.78, 5) is 17.3. The molecule has 140 valence electrons. The van der Waals surface area contributed by atoms with Gasteiger partial charge in [-0.1, -0.05) is 0 Å². The lowest BCUT2D eigenvalue weighted by molar-refractivity contribution is -0.117. The Morgan fingerprint density at radius 1 is 1.12 bits per heavy atom. The second-order valence-corrected chi connectivity index (χ2v) is 8.24. The van der Waals surface area contributed by atoms with E-state index in [4.69, 9.17) is 14.2 Å². The molecule has 1 unspecified atom stereocenters. The van der Waals surface area contributed by atoms with Crippen molar-refractivity contribution in [2.24, 2.45) is 11.3 Å². The highest BCUT2D eigenvalue weighted by Crippen LogP contribution is 2.44. The van der Waals surface area contributed by atoms with Gasteiger partial charge < -0.3 is 24.0 Å². The van der Waals surface area contributed by atoms with Crippen LogP contribution in [0.5, 0.6) is 11.5 Å². The van der Waals surface area contributed by atoms with E-state index in [9.17, 15) is 4.79 Å². The number of anilines is 1. The number of ether oxygens (including phenoxy) is 3. The maximum absolute atomic E-state index is 12.8. The average Bonchev–Trinajstić information content (AvgIpc) is 3.34. The lowest BCUT2D eigenvalue weighted by Gasteiger charge is -2.28. The monoisotopic (exact) mass is 358 g/mol. The second-order valence-electron chi connectivity index (χ2n) is 8.24. The van der Waals surface area contributed by atoms with Gasteiger partial charge in [-0.15, -0.1) is 0 Å². The van der Waals surface area contributed by atoms with Crippen molar-refractivity contribution in [1.29, 1.82) is 0 Å². The molecular formula is C20H26N2O4. The van der Waals surface area contributed by atoms with Gasteiger partial charge in [0.25, 0.3) is 0 Å². The number of likely N-dealkylation sites (tertiary alicyclic amines) is 1. The molecule has 0 N–H and O–H groups in total. The van der Waals surface area contributed by atoms with Crippen molar-refractivity contribution in [3.8, 4) is 11.5 Å². The number of nitrogens with zero attached hydrogens (tertiary/aromatic N) is 2. The SMILES string of the molecule is O=C1CC2(CCN(CC3CCOCC3)C2)CN1c1ccc2c(c1)OCO2. The fraction of sp³-hybridized carbons (Fsp3) is 0.650. The molecule has 4 heterocycles. The number of rotatable bonds is 3. The van der Waals surface area contributed by atoms with E-state index in [0.29, 0.717) is 6.42 Å². The predicted octanol–water partition coefficient (Wildman–Crippen LogP) is 2.27. The third kappa shape index (κ3) is 2.95. The Kier molecular flexibility index (Phi) is 4.05. The lowest BCUT2D eigenvalue weighted by atomic mass is 9.86. The van der Waals surface area contributed by atoms with Gasteiger partial charge in [0.15, 0.2) is 11.5 Å². The highest BCUT2D eigenvalue weighted by molar-refractivity contribution is 5.96. The topological polar surface area (TPSA) is 51.2 Å². The van der Waals surface area contributed by atoms with Crippen LogP contribution in [0, 0.1) is 11.3 Å². The zero-order chi connectivity index (χ0) is 17.6. The quantitative estimate of drug-likeness (QED) is 0.830. The van der Waals surface area contributed by atoms with Crippen LogP contribution >= 0.6 is 0 Å². The Morgan fingerprint density at radius 2 is 1.96 bits per heavy atom. The summed E-state index contributed by atoms with van der Waals surface area (Å²) in [6.45, 7) is 6.19. The van der Waals surface area contributed by atoms with Crippen molar-refractivity contribution in [1.82, 2.24) is 4.90 Å². The Morgan fingerprint density at radius 3 is 2.85 bits per heavy atom. The third-order valence-electron chi connectivity index (χ3n) is 6.36. The molecule has 1 aromatic rings. The molecule has 1 aromatic carbocycles. The molecule has 1 atom stereocenters. The standard InChI is InChI=1S/C20H26N2O4/c23-19-10-20(5-6-21(12-20)11-15-3-7-24-8-4-15)13-22(19)16-1-2-17-18(9-16)26-14-25-17/h1-2,9,15H,3-8,10-14H2. The van der Waals surface area contributed by atoms with E-state index in [0.717, 1.165) is 68.9 Å². The van der Waals surface area contributed by atoms with E-state index >= 15 is 0 Å². The molecule has 0 radical (unpaired) electrons. The first kappa shape index (κ1) is 16.4. The number of carbonyl (C=O) groups is 1. The molecule has 26 heavy (non-hydrogen) atoms. The first-order chi connectivity index (χ1) is 12.7. The summed E-state index contributed by atoms with van der Waals surface area (Å²) < 4.78 is 16.3. The minimum Gasteiger partial charge on any atom is -0.454 e. The number of amides is 1. The third-order valence-corrected chi connectivity index (χ3v) is 6.36. The Hall–Kier alpha value is -1.79. The molecule has 3 fully saturated rings. The van der Waals surface area contributed by atoms with Crippen LogP contribution in [0.25, 0.3) is 0 Å². The summed E-state index contributed by atoms with van der Waals surface area (Å²) >= 11 is 0. The van der Waals surface area contributed by atoms with E-state index in [1.807, 2.05) is 23.1 Å². The molecule has 1 spiro atoms. The molecule has 1 amide bonds. The van der Waals surface area contributed by atoms with E-state index < -0.39 is 0 Å². The van der Waals surface area contributed by atoms with Gasteiger partial charge in [-0.05, 0) is 43.9 Å². The van der Waals surface area contributed by atoms with Crippen LogP contribution in [0.4, 0.5) is 5.69 Å². The minimum absolute atomic E-state index is 0.110. The Balaban J connectivity index is 1.26. The van der Waals surface area contributed by atoms with Crippen LogP contribution in [0.2, 0.25) is 0 Å². The zero-order valence-corrected chi connectivity index (χ0v) is 15.1. The van der Waals surface area contributed by atoms with Crippen molar-refractivity contribution in [3.63, 3.8) is 0 Å². The van der Waals surface area contributed by atoms with E-state index in [2.05, 4.69) is 4.90 Å². The van der Waals surface area contributed by atoms with Gasteiger partial charge >= 0.3 is 0 Å². The maximum atomic E-state index is 12.8. The summed E-state index contributed by atoms with van der Waals surface area (Å²) in [5, 5.41) is 0. The van der Waals surface area contributed by atoms with Crippen LogP contribution in [0.1, 0.15) is 25.7 Å². The second kappa shape index (κ2) is 6.43. The fourth-order valence-electron chi connectivity index (χ4n) is 4.94. The van der Waals surface area contributed by atoms with Crippen LogP contribution < -0.4 is 14.4 Å². The lowest BCUT2D eigenvalue weighted by Crippen LogP contribution is -2.34. The number of fused-ring (bicyclic) bond motifs is 1.